The van der Waals surface area contributed by atoms with Gasteiger partial charge < -0.3 is 4.74 Å². The summed E-state index contributed by atoms with van der Waals surface area (Å²) >= 11 is 0. The molecular formula is C17H18N2O. The van der Waals surface area contributed by atoms with Crippen molar-refractivity contribution in [3.8, 4) is 5.75 Å². The molecule has 0 N–H and O–H groups in total. The second-order valence-electron chi connectivity index (χ2n) is 5.74. The first-order valence-corrected chi connectivity index (χ1v) is 7.27. The van der Waals surface area contributed by atoms with E-state index in [-0.39, 0.29) is 0 Å². The van der Waals surface area contributed by atoms with Crippen LogP contribution in [0.3, 0.4) is 0 Å². The summed E-state index contributed by atoms with van der Waals surface area (Å²) < 4.78 is 6.29. The Balaban J connectivity index is 1.80. The van der Waals surface area contributed by atoms with Gasteiger partial charge in [-0.3, -0.25) is 9.89 Å². The van der Waals surface area contributed by atoms with Crippen molar-refractivity contribution in [2.24, 2.45) is 4.99 Å². The first-order valence-electron chi connectivity index (χ1n) is 7.27. The fraction of sp³-hybridized carbons (Fsp3) is 0.353. The summed E-state index contributed by atoms with van der Waals surface area (Å²) in [7, 11) is 0. The second kappa shape index (κ2) is 4.32. The molecule has 1 atom stereocenters. The highest BCUT2D eigenvalue weighted by Gasteiger charge is 2.37. The normalized spacial score (nSPS) is 25.6. The molecule has 3 nitrogen and oxygen atoms in total. The molecule has 0 amide bonds. The monoisotopic (exact) mass is 266 g/mol. The van der Waals surface area contributed by atoms with Gasteiger partial charge in [0.2, 0.25) is 0 Å². The highest BCUT2D eigenvalue weighted by Crippen LogP contribution is 2.41. The molecule has 0 bridgehead atoms. The smallest absolute Gasteiger partial charge is 0.197 e. The van der Waals surface area contributed by atoms with Gasteiger partial charge in [-0.25, -0.2) is 0 Å². The van der Waals surface area contributed by atoms with E-state index >= 15 is 0 Å². The minimum Gasteiger partial charge on any atom is -0.465 e. The van der Waals surface area contributed by atoms with Crippen molar-refractivity contribution < 1.29 is 4.74 Å². The molecule has 3 heteroatoms. The van der Waals surface area contributed by atoms with E-state index in [0.717, 1.165) is 29.9 Å². The van der Waals surface area contributed by atoms with E-state index in [1.54, 1.807) is 0 Å². The molecule has 20 heavy (non-hydrogen) atoms. The zero-order valence-corrected chi connectivity index (χ0v) is 11.7. The predicted octanol–water partition coefficient (Wildman–Crippen LogP) is 3.75. The van der Waals surface area contributed by atoms with Gasteiger partial charge in [0.25, 0.3) is 0 Å². The molecule has 2 aliphatic rings. The van der Waals surface area contributed by atoms with Gasteiger partial charge in [0.05, 0.1) is 6.21 Å². The molecule has 2 heterocycles. The summed E-state index contributed by atoms with van der Waals surface area (Å²) in [4.78, 5) is 7.10. The van der Waals surface area contributed by atoms with Crippen LogP contribution in [0.15, 0.2) is 41.4 Å². The average Bonchev–Trinajstić information content (AvgIpc) is 3.02. The van der Waals surface area contributed by atoms with E-state index in [1.807, 2.05) is 18.3 Å². The van der Waals surface area contributed by atoms with E-state index in [0.29, 0.717) is 0 Å². The van der Waals surface area contributed by atoms with Crippen LogP contribution in [0.2, 0.25) is 0 Å². The summed E-state index contributed by atoms with van der Waals surface area (Å²) in [5.41, 5.74) is 0.561. The van der Waals surface area contributed by atoms with Crippen molar-refractivity contribution in [1.82, 2.24) is 4.90 Å². The Bertz CT molecular complexity index is 688. The lowest BCUT2D eigenvalue weighted by Gasteiger charge is -2.38. The Morgan fingerprint density at radius 1 is 1.10 bits per heavy atom. The van der Waals surface area contributed by atoms with E-state index < -0.39 is 5.72 Å². The molecule has 2 aromatic carbocycles. The van der Waals surface area contributed by atoms with Crippen molar-refractivity contribution in [3.05, 3.63) is 36.4 Å². The molecule has 4 rings (SSSR count). The lowest BCUT2D eigenvalue weighted by atomic mass is 10.1. The zero-order valence-electron chi connectivity index (χ0n) is 11.7. The van der Waals surface area contributed by atoms with Crippen LogP contribution in [0, 0.1) is 0 Å². The molecule has 1 saturated heterocycles. The largest absolute Gasteiger partial charge is 0.465 e. The van der Waals surface area contributed by atoms with Gasteiger partial charge >= 0.3 is 0 Å². The van der Waals surface area contributed by atoms with Crippen LogP contribution in [0.5, 0.6) is 5.75 Å². The number of nitrogens with zero attached hydrogens (tertiary/aromatic N) is 2. The number of hydrogen-bond acceptors (Lipinski definition) is 3. The summed E-state index contributed by atoms with van der Waals surface area (Å²) in [6.45, 7) is 4.29. The zero-order chi connectivity index (χ0) is 13.6. The van der Waals surface area contributed by atoms with Gasteiger partial charge in [0.1, 0.15) is 11.4 Å². The van der Waals surface area contributed by atoms with Crippen LogP contribution in [0.1, 0.15) is 19.8 Å². The highest BCUT2D eigenvalue weighted by molar-refractivity contribution is 5.98. The number of benzene rings is 2. The fourth-order valence-electron chi connectivity index (χ4n) is 3.19. The Morgan fingerprint density at radius 2 is 1.90 bits per heavy atom. The first-order chi connectivity index (χ1) is 9.76. The third-order valence-electron chi connectivity index (χ3n) is 4.35. The fourth-order valence-corrected chi connectivity index (χ4v) is 3.19. The van der Waals surface area contributed by atoms with Crippen LogP contribution in [-0.4, -0.2) is 29.9 Å². The Morgan fingerprint density at radius 3 is 2.75 bits per heavy atom. The van der Waals surface area contributed by atoms with Crippen LogP contribution < -0.4 is 4.74 Å². The maximum absolute atomic E-state index is 6.29. The van der Waals surface area contributed by atoms with Gasteiger partial charge in [0, 0.05) is 18.5 Å². The molecule has 2 aromatic rings. The SMILES string of the molecule is CC1(N2CCCC2)C=Nc2c(ccc3ccccc23)O1. The summed E-state index contributed by atoms with van der Waals surface area (Å²) in [5.74, 6) is 0.889. The molecule has 0 aromatic heterocycles. The minimum absolute atomic E-state index is 0.397. The molecule has 1 unspecified atom stereocenters. The van der Waals surface area contributed by atoms with E-state index in [9.17, 15) is 0 Å². The van der Waals surface area contributed by atoms with Crippen LogP contribution in [0.4, 0.5) is 5.69 Å². The lowest BCUT2D eigenvalue weighted by molar-refractivity contribution is 0.00619. The van der Waals surface area contributed by atoms with Crippen LogP contribution in [0.25, 0.3) is 10.8 Å². The second-order valence-corrected chi connectivity index (χ2v) is 5.74. The van der Waals surface area contributed by atoms with Crippen LogP contribution >= 0.6 is 0 Å². The molecule has 0 spiro atoms. The van der Waals surface area contributed by atoms with Crippen molar-refractivity contribution in [2.75, 3.05) is 13.1 Å². The number of hydrogen-bond donors (Lipinski definition) is 0. The van der Waals surface area contributed by atoms with Gasteiger partial charge in [-0.1, -0.05) is 30.3 Å². The van der Waals surface area contributed by atoms with E-state index in [2.05, 4.69) is 36.1 Å². The molecule has 0 radical (unpaired) electrons. The third-order valence-corrected chi connectivity index (χ3v) is 4.35. The highest BCUT2D eigenvalue weighted by atomic mass is 16.5. The molecule has 0 saturated carbocycles. The lowest BCUT2D eigenvalue weighted by Crippen LogP contribution is -2.51. The molecule has 0 aliphatic carbocycles. The van der Waals surface area contributed by atoms with Crippen molar-refractivity contribution in [2.45, 2.75) is 25.5 Å². The molecule has 1 fully saturated rings. The van der Waals surface area contributed by atoms with Gasteiger partial charge in [-0.15, -0.1) is 0 Å². The quantitative estimate of drug-likeness (QED) is 0.785. The summed E-state index contributed by atoms with van der Waals surface area (Å²) in [5, 5.41) is 2.36. The van der Waals surface area contributed by atoms with Crippen molar-refractivity contribution in [3.63, 3.8) is 0 Å². The maximum atomic E-state index is 6.29. The maximum Gasteiger partial charge on any atom is 0.197 e. The number of fused-ring (bicyclic) bond motifs is 3. The summed E-state index contributed by atoms with van der Waals surface area (Å²) in [6.07, 6.45) is 4.46. The van der Waals surface area contributed by atoms with Crippen LogP contribution in [-0.2, 0) is 0 Å². The predicted molar refractivity (Wildman–Crippen MR) is 81.9 cm³/mol. The summed E-state index contributed by atoms with van der Waals surface area (Å²) in [6, 6.07) is 12.5. The van der Waals surface area contributed by atoms with E-state index in [1.165, 1.54) is 18.2 Å². The standard InChI is InChI=1S/C17H18N2O/c1-17(19-10-4-5-11-19)12-18-16-14-7-3-2-6-13(14)8-9-15(16)20-17/h2-3,6-9,12H,4-5,10-11H2,1H3. The van der Waals surface area contributed by atoms with Gasteiger partial charge in [-0.2, -0.15) is 0 Å². The number of aliphatic imine (C=N–C) groups is 1. The Hall–Kier alpha value is -1.87. The minimum atomic E-state index is -0.397. The van der Waals surface area contributed by atoms with E-state index in [4.69, 9.17) is 9.73 Å². The van der Waals surface area contributed by atoms with Crippen molar-refractivity contribution >= 4 is 22.7 Å². The first kappa shape index (κ1) is 11.9. The van der Waals surface area contributed by atoms with Gasteiger partial charge in [0.15, 0.2) is 5.72 Å². The molecular weight excluding hydrogens is 248 g/mol. The molecule has 102 valence electrons. The topological polar surface area (TPSA) is 24.8 Å². The van der Waals surface area contributed by atoms with Crippen molar-refractivity contribution in [1.29, 1.82) is 0 Å². The number of rotatable bonds is 1. The van der Waals surface area contributed by atoms with Gasteiger partial charge in [-0.05, 0) is 31.2 Å². The average molecular weight is 266 g/mol. The Labute approximate surface area is 118 Å². The number of ether oxygens (including phenoxy) is 1. The Kier molecular flexibility index (Phi) is 2.57. The molecule has 2 aliphatic heterocycles. The third kappa shape index (κ3) is 1.74. The number of likely N-dealkylation sites (tertiary alicyclic amines) is 1.